The second-order valence-electron chi connectivity index (χ2n) is 7.34. The first-order chi connectivity index (χ1) is 13.7. The predicted octanol–water partition coefficient (Wildman–Crippen LogP) is 3.77. The molecule has 1 amide bonds. The van der Waals surface area contributed by atoms with Gasteiger partial charge in [0.25, 0.3) is 5.91 Å². The van der Waals surface area contributed by atoms with Crippen LogP contribution < -0.4 is 10.8 Å². The van der Waals surface area contributed by atoms with Gasteiger partial charge in [-0.3, -0.25) is 14.9 Å². The number of thiophene rings is 1. The molecule has 6 heteroatoms. The van der Waals surface area contributed by atoms with Crippen molar-refractivity contribution in [2.24, 2.45) is 0 Å². The van der Waals surface area contributed by atoms with E-state index in [2.05, 4.69) is 52.7 Å². The topological polar surface area (TPSA) is 64.6 Å². The lowest BCUT2D eigenvalue weighted by Crippen LogP contribution is -2.41. The van der Waals surface area contributed by atoms with Crippen molar-refractivity contribution in [1.82, 2.24) is 15.7 Å². The third kappa shape index (κ3) is 4.59. The number of nitrogens with zero attached hydrogens (tertiary/aromatic N) is 1. The van der Waals surface area contributed by atoms with Gasteiger partial charge in [0.05, 0.1) is 4.88 Å². The summed E-state index contributed by atoms with van der Waals surface area (Å²) in [5.41, 5.74) is 4.30. The van der Waals surface area contributed by atoms with E-state index < -0.39 is 5.91 Å². The van der Waals surface area contributed by atoms with Crippen LogP contribution in [-0.2, 0) is 13.1 Å². The monoisotopic (exact) mass is 395 g/mol. The summed E-state index contributed by atoms with van der Waals surface area (Å²) in [5.74, 6) is -0.455. The van der Waals surface area contributed by atoms with Crippen molar-refractivity contribution < 1.29 is 10.0 Å². The van der Waals surface area contributed by atoms with Crippen molar-refractivity contribution in [2.75, 3.05) is 13.1 Å². The van der Waals surface area contributed by atoms with Gasteiger partial charge in [-0.1, -0.05) is 36.4 Å². The maximum Gasteiger partial charge on any atom is 0.284 e. The largest absolute Gasteiger partial charge is 0.310 e. The molecule has 146 valence electrons. The number of hydrogen-bond donors (Lipinski definition) is 3. The number of carbonyl (C=O) groups excluding carboxylic acids is 1. The highest BCUT2D eigenvalue weighted by atomic mass is 32.1. The van der Waals surface area contributed by atoms with Crippen LogP contribution >= 0.6 is 11.3 Å². The van der Waals surface area contributed by atoms with Gasteiger partial charge in [0, 0.05) is 23.8 Å². The molecule has 1 fully saturated rings. The summed E-state index contributed by atoms with van der Waals surface area (Å²) in [6.45, 7) is 4.11. The molecule has 0 bridgehead atoms. The van der Waals surface area contributed by atoms with E-state index >= 15 is 0 Å². The molecular formula is C22H25N3O2S. The number of nitrogens with one attached hydrogen (secondary N) is 2. The molecule has 0 spiro atoms. The third-order valence-corrected chi connectivity index (χ3v) is 6.45. The molecule has 1 aliphatic heterocycles. The number of hydrogen-bond acceptors (Lipinski definition) is 5. The fraction of sp³-hybridized carbons (Fsp3) is 0.318. The summed E-state index contributed by atoms with van der Waals surface area (Å²) in [5, 5.41) is 13.5. The molecule has 1 saturated heterocycles. The van der Waals surface area contributed by atoms with E-state index in [9.17, 15) is 4.79 Å². The molecule has 0 radical (unpaired) electrons. The fourth-order valence-corrected chi connectivity index (χ4v) is 4.70. The second-order valence-corrected chi connectivity index (χ2v) is 8.42. The molecule has 4 rings (SSSR count). The van der Waals surface area contributed by atoms with E-state index in [0.29, 0.717) is 10.9 Å². The van der Waals surface area contributed by atoms with E-state index in [-0.39, 0.29) is 0 Å². The summed E-state index contributed by atoms with van der Waals surface area (Å²) < 4.78 is 1.05. The molecule has 3 aromatic rings. The predicted molar refractivity (Wildman–Crippen MR) is 113 cm³/mol. The van der Waals surface area contributed by atoms with Gasteiger partial charge in [-0.05, 0) is 60.6 Å². The van der Waals surface area contributed by atoms with Crippen molar-refractivity contribution in [2.45, 2.75) is 32.0 Å². The first-order valence-corrected chi connectivity index (χ1v) is 10.5. The van der Waals surface area contributed by atoms with Crippen LogP contribution in [0.25, 0.3) is 10.1 Å². The molecule has 3 N–H and O–H groups in total. The van der Waals surface area contributed by atoms with Gasteiger partial charge in [0.2, 0.25) is 0 Å². The minimum Gasteiger partial charge on any atom is -0.310 e. The van der Waals surface area contributed by atoms with Crippen LogP contribution in [-0.4, -0.2) is 35.1 Å². The van der Waals surface area contributed by atoms with Crippen LogP contribution in [0.4, 0.5) is 0 Å². The highest BCUT2D eigenvalue weighted by Crippen LogP contribution is 2.26. The van der Waals surface area contributed by atoms with Gasteiger partial charge in [0.1, 0.15) is 0 Å². The van der Waals surface area contributed by atoms with E-state index in [1.165, 1.54) is 22.5 Å². The van der Waals surface area contributed by atoms with Crippen molar-refractivity contribution in [1.29, 1.82) is 0 Å². The second kappa shape index (κ2) is 8.84. The Labute approximate surface area is 168 Å². The lowest BCUT2D eigenvalue weighted by molar-refractivity contribution is 0.0711. The Morgan fingerprint density at radius 2 is 1.86 bits per heavy atom. The third-order valence-electron chi connectivity index (χ3n) is 5.34. The highest BCUT2D eigenvalue weighted by Gasteiger charge is 2.19. The molecule has 0 unspecified atom stereocenters. The van der Waals surface area contributed by atoms with Gasteiger partial charge < -0.3 is 5.32 Å². The van der Waals surface area contributed by atoms with Crippen molar-refractivity contribution in [3.05, 3.63) is 70.6 Å². The maximum atomic E-state index is 11.6. The van der Waals surface area contributed by atoms with Crippen molar-refractivity contribution in [3.8, 4) is 0 Å². The number of likely N-dealkylation sites (tertiary alicyclic amines) is 1. The molecule has 0 aliphatic carbocycles. The van der Waals surface area contributed by atoms with Crippen LogP contribution in [0.15, 0.2) is 54.6 Å². The number of piperidine rings is 1. The summed E-state index contributed by atoms with van der Waals surface area (Å²) in [6.07, 6.45) is 2.32. The zero-order valence-electron chi connectivity index (χ0n) is 15.7. The van der Waals surface area contributed by atoms with Crippen LogP contribution in [0.1, 0.15) is 33.6 Å². The lowest BCUT2D eigenvalue weighted by atomic mass is 10.0. The standard InChI is InChI=1S/C22H25N3O2S/c26-22(24-27)21-13-18-12-17(6-7-20(18)28-21)14-23-19-8-10-25(11-9-19)15-16-4-2-1-3-5-16/h1-7,12-13,19,23,27H,8-11,14-15H2,(H,24,26). The summed E-state index contributed by atoms with van der Waals surface area (Å²) in [6, 6.07) is 19.3. The minimum atomic E-state index is -0.455. The zero-order chi connectivity index (χ0) is 19.3. The first kappa shape index (κ1) is 19.1. The van der Waals surface area contributed by atoms with Crippen molar-refractivity contribution >= 4 is 27.3 Å². The quantitative estimate of drug-likeness (QED) is 0.439. The van der Waals surface area contributed by atoms with Crippen LogP contribution in [0.3, 0.4) is 0 Å². The molecule has 28 heavy (non-hydrogen) atoms. The van der Waals surface area contributed by atoms with Gasteiger partial charge in [-0.15, -0.1) is 11.3 Å². The molecule has 5 nitrogen and oxygen atoms in total. The molecule has 1 aromatic heterocycles. The van der Waals surface area contributed by atoms with Crippen LogP contribution in [0, 0.1) is 0 Å². The SMILES string of the molecule is O=C(NO)c1cc2cc(CNC3CCN(Cc4ccccc4)CC3)ccc2s1. The highest BCUT2D eigenvalue weighted by molar-refractivity contribution is 7.20. The van der Waals surface area contributed by atoms with Gasteiger partial charge >= 0.3 is 0 Å². The van der Waals surface area contributed by atoms with Gasteiger partial charge in [-0.2, -0.15) is 0 Å². The van der Waals surface area contributed by atoms with Crippen LogP contribution in [0.2, 0.25) is 0 Å². The average molecular weight is 396 g/mol. The Morgan fingerprint density at radius 3 is 2.61 bits per heavy atom. The number of benzene rings is 2. The Morgan fingerprint density at radius 1 is 1.07 bits per heavy atom. The molecular weight excluding hydrogens is 370 g/mol. The lowest BCUT2D eigenvalue weighted by Gasteiger charge is -2.32. The number of fused-ring (bicyclic) bond motifs is 1. The van der Waals surface area contributed by atoms with Crippen LogP contribution in [0.5, 0.6) is 0 Å². The number of amides is 1. The number of rotatable bonds is 6. The zero-order valence-corrected chi connectivity index (χ0v) is 16.5. The summed E-state index contributed by atoms with van der Waals surface area (Å²) in [4.78, 5) is 14.6. The Kier molecular flexibility index (Phi) is 6.02. The Bertz CT molecular complexity index is 933. The van der Waals surface area contributed by atoms with Gasteiger partial charge in [-0.25, -0.2) is 5.48 Å². The average Bonchev–Trinajstić information content (AvgIpc) is 3.17. The molecule has 1 aliphatic rings. The Balaban J connectivity index is 1.28. The number of carbonyl (C=O) groups is 1. The molecule has 0 saturated carbocycles. The first-order valence-electron chi connectivity index (χ1n) is 9.68. The number of hydroxylamine groups is 1. The maximum absolute atomic E-state index is 11.6. The normalized spacial score (nSPS) is 15.8. The molecule has 0 atom stereocenters. The minimum absolute atomic E-state index is 0.455. The summed E-state index contributed by atoms with van der Waals surface area (Å²) >= 11 is 1.39. The van der Waals surface area contributed by atoms with E-state index in [1.54, 1.807) is 5.48 Å². The molecule has 2 heterocycles. The van der Waals surface area contributed by atoms with E-state index in [0.717, 1.165) is 49.1 Å². The van der Waals surface area contributed by atoms with E-state index in [1.807, 2.05) is 12.1 Å². The van der Waals surface area contributed by atoms with Gasteiger partial charge in [0.15, 0.2) is 0 Å². The van der Waals surface area contributed by atoms with E-state index in [4.69, 9.17) is 5.21 Å². The molecule has 2 aromatic carbocycles. The fourth-order valence-electron chi connectivity index (χ4n) is 3.77. The smallest absolute Gasteiger partial charge is 0.284 e. The summed E-state index contributed by atoms with van der Waals surface area (Å²) in [7, 11) is 0. The van der Waals surface area contributed by atoms with Crippen molar-refractivity contribution in [3.63, 3.8) is 0 Å². The Hall–Kier alpha value is -2.25.